The lowest BCUT2D eigenvalue weighted by Gasteiger charge is -2.32. The number of alkyl carbamates (subject to hydrolysis) is 1. The molecule has 5 heteroatoms. The van der Waals surface area contributed by atoms with Gasteiger partial charge in [0, 0.05) is 0 Å². The van der Waals surface area contributed by atoms with Crippen LogP contribution in [0, 0.1) is 0 Å². The molecule has 98 valence electrons. The fraction of sp³-hybridized carbons (Fsp3) is 0.538. The summed E-state index contributed by atoms with van der Waals surface area (Å²) in [5, 5.41) is 2.67. The van der Waals surface area contributed by atoms with Gasteiger partial charge in [0.2, 0.25) is 0 Å². The molecule has 1 aromatic rings. The maximum Gasteiger partial charge on any atom is 0.408 e. The number of hydrogen-bond donors (Lipinski definition) is 1. The standard InChI is InChI=1S/C13H17NO4/c15-10-13(6-2-1-3-7-13)14-12(16)18-9-11-5-4-8-17-11/h4-5,8,10H,1-3,6-7,9H2,(H,14,16). The van der Waals surface area contributed by atoms with Crippen LogP contribution in [0.1, 0.15) is 37.9 Å². The van der Waals surface area contributed by atoms with Crippen molar-refractivity contribution in [3.63, 3.8) is 0 Å². The summed E-state index contributed by atoms with van der Waals surface area (Å²) < 4.78 is 10.1. The molecule has 0 bridgehead atoms. The third-order valence-electron chi connectivity index (χ3n) is 3.25. The molecule has 0 aliphatic heterocycles. The molecule has 0 atom stereocenters. The molecule has 1 aliphatic carbocycles. The summed E-state index contributed by atoms with van der Waals surface area (Å²) in [5.74, 6) is 0.578. The molecule has 1 aliphatic rings. The van der Waals surface area contributed by atoms with E-state index in [1.165, 1.54) is 6.26 Å². The van der Waals surface area contributed by atoms with Gasteiger partial charge in [-0.25, -0.2) is 4.79 Å². The van der Waals surface area contributed by atoms with E-state index in [9.17, 15) is 9.59 Å². The lowest BCUT2D eigenvalue weighted by molar-refractivity contribution is -0.114. The van der Waals surface area contributed by atoms with Gasteiger partial charge in [0.1, 0.15) is 12.0 Å². The molecular weight excluding hydrogens is 234 g/mol. The number of nitrogens with one attached hydrogen (secondary N) is 1. The Labute approximate surface area is 105 Å². The van der Waals surface area contributed by atoms with Gasteiger partial charge >= 0.3 is 6.09 Å². The van der Waals surface area contributed by atoms with Gasteiger partial charge in [-0.1, -0.05) is 19.3 Å². The first-order valence-corrected chi connectivity index (χ1v) is 6.18. The molecule has 1 saturated carbocycles. The van der Waals surface area contributed by atoms with Gasteiger partial charge in [0.25, 0.3) is 0 Å². The Balaban J connectivity index is 1.83. The van der Waals surface area contributed by atoms with Crippen molar-refractivity contribution in [3.8, 4) is 0 Å². The fourth-order valence-electron chi connectivity index (χ4n) is 2.23. The highest BCUT2D eigenvalue weighted by atomic mass is 16.6. The van der Waals surface area contributed by atoms with Gasteiger partial charge in [-0.3, -0.25) is 0 Å². The van der Waals surface area contributed by atoms with Gasteiger partial charge in [-0.2, -0.15) is 0 Å². The molecule has 0 radical (unpaired) electrons. The predicted molar refractivity (Wildman–Crippen MR) is 63.9 cm³/mol. The Morgan fingerprint density at radius 1 is 1.44 bits per heavy atom. The van der Waals surface area contributed by atoms with E-state index in [2.05, 4.69) is 5.32 Å². The van der Waals surface area contributed by atoms with Crippen LogP contribution in [0.2, 0.25) is 0 Å². The maximum atomic E-state index is 11.6. The summed E-state index contributed by atoms with van der Waals surface area (Å²) in [5.41, 5.74) is -0.738. The van der Waals surface area contributed by atoms with Crippen molar-refractivity contribution in [3.05, 3.63) is 24.2 Å². The highest BCUT2D eigenvalue weighted by Crippen LogP contribution is 2.26. The molecule has 0 spiro atoms. The van der Waals surface area contributed by atoms with Crippen molar-refractivity contribution in [2.24, 2.45) is 0 Å². The molecule has 0 aromatic carbocycles. The van der Waals surface area contributed by atoms with Crippen LogP contribution in [0.15, 0.2) is 22.8 Å². The predicted octanol–water partition coefficient (Wildman–Crippen LogP) is 2.41. The minimum atomic E-state index is -0.738. The monoisotopic (exact) mass is 251 g/mol. The molecule has 0 saturated heterocycles. The summed E-state index contributed by atoms with van der Waals surface area (Å²) in [7, 11) is 0. The molecule has 1 amide bonds. The largest absolute Gasteiger partial charge is 0.466 e. The second-order valence-corrected chi connectivity index (χ2v) is 4.62. The minimum absolute atomic E-state index is 0.0772. The number of ether oxygens (including phenoxy) is 1. The lowest BCUT2D eigenvalue weighted by Crippen LogP contribution is -2.51. The second-order valence-electron chi connectivity index (χ2n) is 4.62. The third-order valence-corrected chi connectivity index (χ3v) is 3.25. The van der Waals surface area contributed by atoms with Crippen LogP contribution in [0.25, 0.3) is 0 Å². The number of aldehydes is 1. The summed E-state index contributed by atoms with van der Waals surface area (Å²) in [6.07, 6.45) is 6.18. The van der Waals surface area contributed by atoms with E-state index < -0.39 is 11.6 Å². The third kappa shape index (κ3) is 3.12. The van der Waals surface area contributed by atoms with Crippen molar-refractivity contribution in [1.82, 2.24) is 5.32 Å². The Kier molecular flexibility index (Phi) is 4.02. The zero-order valence-electron chi connectivity index (χ0n) is 10.2. The highest BCUT2D eigenvalue weighted by molar-refractivity contribution is 5.76. The first kappa shape index (κ1) is 12.7. The van der Waals surface area contributed by atoms with Crippen LogP contribution >= 0.6 is 0 Å². The van der Waals surface area contributed by atoms with Gasteiger partial charge in [-0.05, 0) is 25.0 Å². The Bertz CT molecular complexity index is 393. The zero-order chi connectivity index (χ0) is 12.8. The van der Waals surface area contributed by atoms with Crippen LogP contribution in [-0.4, -0.2) is 17.9 Å². The van der Waals surface area contributed by atoms with Gasteiger partial charge < -0.3 is 19.3 Å². The topological polar surface area (TPSA) is 68.5 Å². The maximum absolute atomic E-state index is 11.6. The number of rotatable bonds is 4. The quantitative estimate of drug-likeness (QED) is 0.834. The summed E-state index contributed by atoms with van der Waals surface area (Å²) in [6, 6.07) is 3.45. The molecule has 0 unspecified atom stereocenters. The number of carbonyl (C=O) groups is 2. The van der Waals surface area contributed by atoms with Crippen molar-refractivity contribution >= 4 is 12.4 Å². The molecular formula is C13H17NO4. The average Bonchev–Trinajstić information content (AvgIpc) is 2.91. The van der Waals surface area contributed by atoms with E-state index in [1.54, 1.807) is 12.1 Å². The van der Waals surface area contributed by atoms with Gasteiger partial charge in [-0.15, -0.1) is 0 Å². The minimum Gasteiger partial charge on any atom is -0.466 e. The number of amides is 1. The number of hydrogen-bond acceptors (Lipinski definition) is 4. The van der Waals surface area contributed by atoms with Crippen LogP contribution in [0.5, 0.6) is 0 Å². The smallest absolute Gasteiger partial charge is 0.408 e. The van der Waals surface area contributed by atoms with Crippen LogP contribution in [-0.2, 0) is 16.1 Å². The first-order chi connectivity index (χ1) is 8.74. The lowest BCUT2D eigenvalue weighted by atomic mass is 9.83. The summed E-state index contributed by atoms with van der Waals surface area (Å²) >= 11 is 0. The zero-order valence-corrected chi connectivity index (χ0v) is 10.2. The molecule has 18 heavy (non-hydrogen) atoms. The molecule has 1 heterocycles. The molecule has 1 fully saturated rings. The van der Waals surface area contributed by atoms with Crippen molar-refractivity contribution in [2.45, 2.75) is 44.2 Å². The van der Waals surface area contributed by atoms with Crippen molar-refractivity contribution < 1.29 is 18.7 Å². The van der Waals surface area contributed by atoms with Crippen molar-refractivity contribution in [1.29, 1.82) is 0 Å². The van der Waals surface area contributed by atoms with E-state index in [1.807, 2.05) is 0 Å². The van der Waals surface area contributed by atoms with Gasteiger partial charge in [0.05, 0.1) is 11.8 Å². The van der Waals surface area contributed by atoms with Crippen LogP contribution in [0.3, 0.4) is 0 Å². The molecule has 1 N–H and O–H groups in total. The van der Waals surface area contributed by atoms with E-state index >= 15 is 0 Å². The van der Waals surface area contributed by atoms with Gasteiger partial charge in [0.15, 0.2) is 6.61 Å². The number of furan rings is 1. The number of carbonyl (C=O) groups excluding carboxylic acids is 2. The Morgan fingerprint density at radius 3 is 2.83 bits per heavy atom. The molecule has 1 aromatic heterocycles. The van der Waals surface area contributed by atoms with E-state index in [4.69, 9.17) is 9.15 Å². The highest BCUT2D eigenvalue weighted by Gasteiger charge is 2.33. The summed E-state index contributed by atoms with van der Waals surface area (Å²) in [4.78, 5) is 22.8. The van der Waals surface area contributed by atoms with Crippen LogP contribution < -0.4 is 5.32 Å². The Morgan fingerprint density at radius 2 is 2.22 bits per heavy atom. The average molecular weight is 251 g/mol. The van der Waals surface area contributed by atoms with E-state index in [0.29, 0.717) is 18.6 Å². The fourth-order valence-corrected chi connectivity index (χ4v) is 2.23. The molecule has 5 nitrogen and oxygen atoms in total. The summed E-state index contributed by atoms with van der Waals surface area (Å²) in [6.45, 7) is 0.0772. The Hall–Kier alpha value is -1.78. The normalized spacial score (nSPS) is 18.0. The van der Waals surface area contributed by atoms with Crippen LogP contribution in [0.4, 0.5) is 4.79 Å². The van der Waals surface area contributed by atoms with E-state index in [0.717, 1.165) is 25.5 Å². The SMILES string of the molecule is O=CC1(NC(=O)OCc2ccco2)CCCCC1. The first-order valence-electron chi connectivity index (χ1n) is 6.18. The second kappa shape index (κ2) is 5.71. The van der Waals surface area contributed by atoms with E-state index in [-0.39, 0.29) is 6.61 Å². The molecule has 2 rings (SSSR count). The van der Waals surface area contributed by atoms with Crippen molar-refractivity contribution in [2.75, 3.05) is 0 Å².